The largest absolute Gasteiger partial charge is 0.0864 e. The average Bonchev–Trinajstić information content (AvgIpc) is 2.58. The summed E-state index contributed by atoms with van der Waals surface area (Å²) >= 11 is 2.47. The molecule has 0 aliphatic heterocycles. The number of benzene rings is 1. The standard InChI is InChI=1S/C12H15I/c13-9-3-5-11-8-7-10-4-1-2-6-12(10)11/h1-2,4,6,11H,3,5,7-9H2. The maximum atomic E-state index is 2.47. The molecular weight excluding hydrogens is 271 g/mol. The summed E-state index contributed by atoms with van der Waals surface area (Å²) in [7, 11) is 0. The molecule has 1 aromatic carbocycles. The van der Waals surface area contributed by atoms with Crippen molar-refractivity contribution in [1.29, 1.82) is 0 Å². The van der Waals surface area contributed by atoms with Crippen LogP contribution in [-0.2, 0) is 6.42 Å². The van der Waals surface area contributed by atoms with Crippen molar-refractivity contribution in [3.63, 3.8) is 0 Å². The highest BCUT2D eigenvalue weighted by molar-refractivity contribution is 14.1. The van der Waals surface area contributed by atoms with Gasteiger partial charge in [-0.25, -0.2) is 0 Å². The van der Waals surface area contributed by atoms with Crippen LogP contribution in [0.15, 0.2) is 24.3 Å². The fraction of sp³-hybridized carbons (Fsp3) is 0.500. The Morgan fingerprint density at radius 1 is 1.31 bits per heavy atom. The summed E-state index contributed by atoms with van der Waals surface area (Å²) in [5.74, 6) is 0.867. The molecule has 0 aromatic heterocycles. The van der Waals surface area contributed by atoms with Gasteiger partial charge in [-0.1, -0.05) is 46.9 Å². The lowest BCUT2D eigenvalue weighted by atomic mass is 9.97. The van der Waals surface area contributed by atoms with Crippen molar-refractivity contribution < 1.29 is 0 Å². The van der Waals surface area contributed by atoms with E-state index >= 15 is 0 Å². The van der Waals surface area contributed by atoms with Crippen molar-refractivity contribution in [3.8, 4) is 0 Å². The summed E-state index contributed by atoms with van der Waals surface area (Å²) < 4.78 is 1.30. The molecule has 1 aliphatic carbocycles. The minimum Gasteiger partial charge on any atom is -0.0864 e. The Labute approximate surface area is 93.9 Å². The summed E-state index contributed by atoms with van der Waals surface area (Å²) in [5.41, 5.74) is 3.23. The van der Waals surface area contributed by atoms with Gasteiger partial charge in [0.2, 0.25) is 0 Å². The first kappa shape index (κ1) is 9.50. The van der Waals surface area contributed by atoms with Gasteiger partial charge >= 0.3 is 0 Å². The second-order valence-corrected chi connectivity index (χ2v) is 4.84. The molecule has 0 bridgehead atoms. The van der Waals surface area contributed by atoms with E-state index in [2.05, 4.69) is 46.9 Å². The molecule has 0 heterocycles. The van der Waals surface area contributed by atoms with Crippen LogP contribution in [0.3, 0.4) is 0 Å². The van der Waals surface area contributed by atoms with E-state index in [9.17, 15) is 0 Å². The van der Waals surface area contributed by atoms with Gasteiger partial charge in [-0.05, 0) is 47.2 Å². The van der Waals surface area contributed by atoms with Crippen LogP contribution in [-0.4, -0.2) is 4.43 Å². The first-order chi connectivity index (χ1) is 6.42. The first-order valence-corrected chi connectivity index (χ1v) is 6.58. The molecule has 70 valence electrons. The fourth-order valence-corrected chi connectivity index (χ4v) is 2.71. The SMILES string of the molecule is ICCCC1CCc2ccccc21. The van der Waals surface area contributed by atoms with Crippen molar-refractivity contribution in [1.82, 2.24) is 0 Å². The second kappa shape index (κ2) is 4.45. The highest BCUT2D eigenvalue weighted by atomic mass is 127. The molecule has 0 saturated heterocycles. The summed E-state index contributed by atoms with van der Waals surface area (Å²) in [6.45, 7) is 0. The van der Waals surface area contributed by atoms with Crippen LogP contribution < -0.4 is 0 Å². The van der Waals surface area contributed by atoms with Gasteiger partial charge in [-0.2, -0.15) is 0 Å². The summed E-state index contributed by atoms with van der Waals surface area (Å²) in [6.07, 6.45) is 5.46. The summed E-state index contributed by atoms with van der Waals surface area (Å²) in [6, 6.07) is 8.96. The molecule has 0 spiro atoms. The van der Waals surface area contributed by atoms with E-state index in [0.717, 1.165) is 5.92 Å². The van der Waals surface area contributed by atoms with Crippen LogP contribution in [0.4, 0.5) is 0 Å². The Kier molecular flexibility index (Phi) is 3.25. The molecule has 0 fully saturated rings. The van der Waals surface area contributed by atoms with Crippen molar-refractivity contribution in [2.75, 3.05) is 4.43 Å². The van der Waals surface area contributed by atoms with Crippen molar-refractivity contribution >= 4 is 22.6 Å². The molecule has 0 nitrogen and oxygen atoms in total. The van der Waals surface area contributed by atoms with E-state index < -0.39 is 0 Å². The van der Waals surface area contributed by atoms with E-state index in [1.54, 1.807) is 11.1 Å². The van der Waals surface area contributed by atoms with Gasteiger partial charge in [-0.15, -0.1) is 0 Å². The van der Waals surface area contributed by atoms with Gasteiger partial charge < -0.3 is 0 Å². The number of aryl methyl sites for hydroxylation is 1. The highest BCUT2D eigenvalue weighted by Gasteiger charge is 2.20. The van der Waals surface area contributed by atoms with Crippen LogP contribution in [0.2, 0.25) is 0 Å². The minimum absolute atomic E-state index is 0.867. The maximum Gasteiger partial charge on any atom is -0.000451 e. The predicted octanol–water partition coefficient (Wildman–Crippen LogP) is 3.93. The van der Waals surface area contributed by atoms with Gasteiger partial charge in [-0.3, -0.25) is 0 Å². The number of rotatable bonds is 3. The van der Waals surface area contributed by atoms with Crippen LogP contribution in [0.25, 0.3) is 0 Å². The molecule has 1 atom stereocenters. The third kappa shape index (κ3) is 2.06. The Morgan fingerprint density at radius 2 is 2.15 bits per heavy atom. The van der Waals surface area contributed by atoms with Crippen molar-refractivity contribution in [2.45, 2.75) is 31.6 Å². The van der Waals surface area contributed by atoms with Crippen molar-refractivity contribution in [2.24, 2.45) is 0 Å². The smallest absolute Gasteiger partial charge is 0.000451 e. The van der Waals surface area contributed by atoms with E-state index in [0.29, 0.717) is 0 Å². The zero-order chi connectivity index (χ0) is 9.10. The zero-order valence-corrected chi connectivity index (χ0v) is 9.96. The third-order valence-corrected chi connectivity index (χ3v) is 3.71. The predicted molar refractivity (Wildman–Crippen MR) is 65.6 cm³/mol. The summed E-state index contributed by atoms with van der Waals surface area (Å²) in [4.78, 5) is 0. The van der Waals surface area contributed by atoms with Gasteiger partial charge in [0.05, 0.1) is 0 Å². The Hall–Kier alpha value is -0.0500. The lowest BCUT2D eigenvalue weighted by Crippen LogP contribution is -1.93. The number of alkyl halides is 1. The normalized spacial score (nSPS) is 20.2. The van der Waals surface area contributed by atoms with E-state index in [-0.39, 0.29) is 0 Å². The van der Waals surface area contributed by atoms with E-state index in [1.165, 1.54) is 30.1 Å². The zero-order valence-electron chi connectivity index (χ0n) is 7.80. The van der Waals surface area contributed by atoms with Crippen LogP contribution in [0.5, 0.6) is 0 Å². The van der Waals surface area contributed by atoms with Crippen LogP contribution in [0, 0.1) is 0 Å². The Bertz CT molecular complexity index is 280. The third-order valence-electron chi connectivity index (χ3n) is 2.94. The molecule has 0 N–H and O–H groups in total. The molecule has 1 aliphatic rings. The molecule has 0 radical (unpaired) electrons. The Balaban J connectivity index is 2.09. The average molecular weight is 286 g/mol. The topological polar surface area (TPSA) is 0 Å². The molecular formula is C12H15I. The van der Waals surface area contributed by atoms with E-state index in [1.807, 2.05) is 0 Å². The number of halogens is 1. The van der Waals surface area contributed by atoms with Crippen LogP contribution >= 0.6 is 22.6 Å². The Morgan fingerprint density at radius 3 is 3.00 bits per heavy atom. The lowest BCUT2D eigenvalue weighted by Gasteiger charge is -2.09. The van der Waals surface area contributed by atoms with E-state index in [4.69, 9.17) is 0 Å². The van der Waals surface area contributed by atoms with Crippen molar-refractivity contribution in [3.05, 3.63) is 35.4 Å². The van der Waals surface area contributed by atoms with Crippen LogP contribution in [0.1, 0.15) is 36.3 Å². The highest BCUT2D eigenvalue weighted by Crippen LogP contribution is 2.35. The fourth-order valence-electron chi connectivity index (χ4n) is 2.27. The lowest BCUT2D eigenvalue weighted by molar-refractivity contribution is 0.614. The van der Waals surface area contributed by atoms with Gasteiger partial charge in [0.1, 0.15) is 0 Å². The molecule has 0 amide bonds. The second-order valence-electron chi connectivity index (χ2n) is 3.77. The van der Waals surface area contributed by atoms with Gasteiger partial charge in [0.25, 0.3) is 0 Å². The number of hydrogen-bond donors (Lipinski definition) is 0. The van der Waals surface area contributed by atoms with Gasteiger partial charge in [0.15, 0.2) is 0 Å². The molecule has 0 saturated carbocycles. The monoisotopic (exact) mass is 286 g/mol. The van der Waals surface area contributed by atoms with Gasteiger partial charge in [0, 0.05) is 0 Å². The molecule has 1 aromatic rings. The first-order valence-electron chi connectivity index (χ1n) is 5.05. The minimum atomic E-state index is 0.867. The quantitative estimate of drug-likeness (QED) is 0.583. The number of fused-ring (bicyclic) bond motifs is 1. The summed E-state index contributed by atoms with van der Waals surface area (Å²) in [5, 5.41) is 0. The molecule has 1 unspecified atom stereocenters. The molecule has 13 heavy (non-hydrogen) atoms. The molecule has 2 rings (SSSR count). The number of hydrogen-bond acceptors (Lipinski definition) is 0. The maximum absolute atomic E-state index is 2.47. The molecule has 1 heteroatoms.